The lowest BCUT2D eigenvalue weighted by molar-refractivity contribution is -0.122. The van der Waals surface area contributed by atoms with E-state index in [2.05, 4.69) is 26.6 Å². The second-order valence-electron chi connectivity index (χ2n) is 8.14. The molecule has 3 aromatic carbocycles. The molecule has 3 aromatic rings. The Morgan fingerprint density at radius 2 is 1.75 bits per heavy atom. The van der Waals surface area contributed by atoms with Crippen molar-refractivity contribution >= 4 is 57.1 Å². The molecule has 0 saturated carbocycles. The molecule has 36 heavy (non-hydrogen) atoms. The van der Waals surface area contributed by atoms with E-state index in [-0.39, 0.29) is 18.1 Å². The zero-order valence-corrected chi connectivity index (χ0v) is 21.1. The van der Waals surface area contributed by atoms with Crippen molar-refractivity contribution < 1.29 is 23.9 Å². The van der Waals surface area contributed by atoms with Gasteiger partial charge in [-0.3, -0.25) is 19.7 Å². The summed E-state index contributed by atoms with van der Waals surface area (Å²) >= 11 is 3.40. The molecule has 0 spiro atoms. The molecule has 1 fully saturated rings. The summed E-state index contributed by atoms with van der Waals surface area (Å²) in [5.74, 6) is -1.41. The number of aryl methyl sites for hydroxylation is 2. The van der Waals surface area contributed by atoms with E-state index >= 15 is 0 Å². The summed E-state index contributed by atoms with van der Waals surface area (Å²) in [6.07, 6.45) is 1.40. The van der Waals surface area contributed by atoms with E-state index in [1.165, 1.54) is 6.08 Å². The van der Waals surface area contributed by atoms with E-state index in [1.54, 1.807) is 49.4 Å². The molecule has 1 heterocycles. The second kappa shape index (κ2) is 10.6. The lowest BCUT2D eigenvalue weighted by Crippen LogP contribution is -2.54. The van der Waals surface area contributed by atoms with E-state index in [0.29, 0.717) is 32.7 Å². The maximum absolute atomic E-state index is 13.1. The number of nitrogens with one attached hydrogen (secondary N) is 2. The predicted octanol–water partition coefficient (Wildman–Crippen LogP) is 4.75. The molecule has 2 N–H and O–H groups in total. The number of halogens is 1. The Labute approximate surface area is 216 Å². The fourth-order valence-corrected chi connectivity index (χ4v) is 4.07. The van der Waals surface area contributed by atoms with Crippen molar-refractivity contribution in [3.63, 3.8) is 0 Å². The summed E-state index contributed by atoms with van der Waals surface area (Å²) in [4.78, 5) is 51.1. The van der Waals surface area contributed by atoms with Gasteiger partial charge in [0.25, 0.3) is 17.7 Å². The fourth-order valence-electron chi connectivity index (χ4n) is 3.56. The van der Waals surface area contributed by atoms with E-state index in [0.717, 1.165) is 10.5 Å². The molecule has 1 aliphatic rings. The zero-order valence-electron chi connectivity index (χ0n) is 19.5. The van der Waals surface area contributed by atoms with Crippen LogP contribution in [0, 0.1) is 13.8 Å². The molecular weight excluding hydrogens is 526 g/mol. The van der Waals surface area contributed by atoms with E-state index in [1.807, 2.05) is 31.2 Å². The molecule has 1 saturated heterocycles. The minimum atomic E-state index is -0.801. The molecule has 8 nitrogen and oxygen atoms in total. The number of para-hydroxylation sites is 1. The first-order chi connectivity index (χ1) is 17.2. The van der Waals surface area contributed by atoms with Gasteiger partial charge in [-0.1, -0.05) is 42.0 Å². The Balaban J connectivity index is 1.48. The van der Waals surface area contributed by atoms with Crippen molar-refractivity contribution in [2.24, 2.45) is 0 Å². The average Bonchev–Trinajstić information content (AvgIpc) is 2.84. The fraction of sp³-hybridized carbons (Fsp3) is 0.111. The van der Waals surface area contributed by atoms with Crippen LogP contribution in [-0.4, -0.2) is 30.4 Å². The van der Waals surface area contributed by atoms with Crippen molar-refractivity contribution in [1.82, 2.24) is 5.32 Å². The number of carbonyl (C=O) groups excluding carboxylic acids is 4. The number of rotatable bonds is 6. The molecule has 0 radical (unpaired) electrons. The van der Waals surface area contributed by atoms with Gasteiger partial charge in [-0.15, -0.1) is 0 Å². The third-order valence-corrected chi connectivity index (χ3v) is 6.04. The maximum Gasteiger partial charge on any atom is 0.335 e. The van der Waals surface area contributed by atoms with Gasteiger partial charge in [0.05, 0.1) is 10.2 Å². The predicted molar refractivity (Wildman–Crippen MR) is 140 cm³/mol. The van der Waals surface area contributed by atoms with Gasteiger partial charge < -0.3 is 10.1 Å². The number of nitrogens with zero attached hydrogens (tertiary/aromatic N) is 1. The number of carbonyl (C=O) groups is 4. The lowest BCUT2D eigenvalue weighted by atomic mass is 10.1. The third kappa shape index (κ3) is 5.52. The van der Waals surface area contributed by atoms with Gasteiger partial charge in [0.1, 0.15) is 11.3 Å². The number of barbiturate groups is 1. The topological polar surface area (TPSA) is 105 Å². The van der Waals surface area contributed by atoms with Crippen molar-refractivity contribution in [3.05, 3.63) is 93.5 Å². The van der Waals surface area contributed by atoms with Gasteiger partial charge >= 0.3 is 6.03 Å². The van der Waals surface area contributed by atoms with Crippen LogP contribution in [-0.2, 0) is 14.4 Å². The first kappa shape index (κ1) is 24.9. The standard InChI is InChI=1S/C27H22BrN3O5/c1-16-7-10-19(11-8-16)29-24(32)15-36-23-12-9-18(14-21(23)28)13-20-25(33)30-27(35)31(26(20)34)22-6-4-3-5-17(22)2/h3-14H,15H2,1-2H3,(H,29,32)(H,30,33,35)/b20-13+. The van der Waals surface area contributed by atoms with Crippen molar-refractivity contribution in [2.75, 3.05) is 16.8 Å². The van der Waals surface area contributed by atoms with Crippen molar-refractivity contribution in [2.45, 2.75) is 13.8 Å². The van der Waals surface area contributed by atoms with Gasteiger partial charge in [-0.05, 0) is 77.3 Å². The van der Waals surface area contributed by atoms with Crippen LogP contribution in [0.15, 0.2) is 76.8 Å². The molecule has 0 aliphatic carbocycles. The third-order valence-electron chi connectivity index (χ3n) is 5.42. The van der Waals surface area contributed by atoms with Crippen LogP contribution in [0.5, 0.6) is 5.75 Å². The Morgan fingerprint density at radius 3 is 2.44 bits per heavy atom. The Morgan fingerprint density at radius 1 is 1.03 bits per heavy atom. The van der Waals surface area contributed by atoms with Crippen LogP contribution in [0.2, 0.25) is 0 Å². The van der Waals surface area contributed by atoms with Crippen molar-refractivity contribution in [3.8, 4) is 5.75 Å². The SMILES string of the molecule is Cc1ccc(NC(=O)COc2ccc(/C=C3\C(=O)NC(=O)N(c4ccccc4C)C3=O)cc2Br)cc1. The van der Waals surface area contributed by atoms with E-state index in [4.69, 9.17) is 4.74 Å². The molecule has 0 aromatic heterocycles. The highest BCUT2D eigenvalue weighted by molar-refractivity contribution is 9.10. The molecule has 1 aliphatic heterocycles. The summed E-state index contributed by atoms with van der Waals surface area (Å²) in [5.41, 5.74) is 3.21. The zero-order chi connectivity index (χ0) is 25.8. The van der Waals surface area contributed by atoms with E-state index < -0.39 is 17.8 Å². The average molecular weight is 548 g/mol. The molecule has 0 atom stereocenters. The first-order valence-electron chi connectivity index (χ1n) is 11.0. The number of imide groups is 2. The molecular formula is C27H22BrN3O5. The molecule has 4 rings (SSSR count). The Hall–Kier alpha value is -4.24. The van der Waals surface area contributed by atoms with Crippen molar-refractivity contribution in [1.29, 1.82) is 0 Å². The van der Waals surface area contributed by atoms with Gasteiger partial charge in [0.15, 0.2) is 6.61 Å². The summed E-state index contributed by atoms with van der Waals surface area (Å²) in [7, 11) is 0. The number of hydrogen-bond donors (Lipinski definition) is 2. The highest BCUT2D eigenvalue weighted by Gasteiger charge is 2.37. The van der Waals surface area contributed by atoms with Crippen LogP contribution < -0.4 is 20.3 Å². The van der Waals surface area contributed by atoms with Crippen LogP contribution in [0.3, 0.4) is 0 Å². The second-order valence-corrected chi connectivity index (χ2v) is 8.99. The van der Waals surface area contributed by atoms with Gasteiger partial charge in [-0.25, -0.2) is 9.69 Å². The Bertz CT molecular complexity index is 1400. The van der Waals surface area contributed by atoms with Gasteiger partial charge in [0, 0.05) is 5.69 Å². The molecule has 9 heteroatoms. The highest BCUT2D eigenvalue weighted by Crippen LogP contribution is 2.29. The molecule has 0 unspecified atom stereocenters. The minimum absolute atomic E-state index is 0.184. The summed E-state index contributed by atoms with van der Waals surface area (Å²) in [6.45, 7) is 3.52. The minimum Gasteiger partial charge on any atom is -0.483 e. The number of benzene rings is 3. The molecule has 182 valence electrons. The van der Waals surface area contributed by atoms with Crippen LogP contribution in [0.1, 0.15) is 16.7 Å². The van der Waals surface area contributed by atoms with Crippen LogP contribution in [0.4, 0.5) is 16.2 Å². The molecule has 5 amide bonds. The maximum atomic E-state index is 13.1. The highest BCUT2D eigenvalue weighted by atomic mass is 79.9. The van der Waals surface area contributed by atoms with Gasteiger partial charge in [0.2, 0.25) is 0 Å². The number of urea groups is 1. The van der Waals surface area contributed by atoms with Gasteiger partial charge in [-0.2, -0.15) is 0 Å². The molecule has 0 bridgehead atoms. The lowest BCUT2D eigenvalue weighted by Gasteiger charge is -2.27. The largest absolute Gasteiger partial charge is 0.483 e. The quantitative estimate of drug-likeness (QED) is 0.342. The summed E-state index contributed by atoms with van der Waals surface area (Å²) in [6, 6.07) is 18.4. The number of anilines is 2. The van der Waals surface area contributed by atoms with E-state index in [9.17, 15) is 19.2 Å². The summed E-state index contributed by atoms with van der Waals surface area (Å²) < 4.78 is 6.13. The summed E-state index contributed by atoms with van der Waals surface area (Å²) in [5, 5.41) is 4.97. The smallest absolute Gasteiger partial charge is 0.335 e. The van der Waals surface area contributed by atoms with Crippen LogP contribution >= 0.6 is 15.9 Å². The van der Waals surface area contributed by atoms with Crippen LogP contribution in [0.25, 0.3) is 6.08 Å². The normalized spacial score (nSPS) is 14.6. The monoisotopic (exact) mass is 547 g/mol. The number of amides is 5. The number of hydrogen-bond acceptors (Lipinski definition) is 5. The number of ether oxygens (including phenoxy) is 1. The first-order valence-corrected chi connectivity index (χ1v) is 11.8. The Kier molecular flexibility index (Phi) is 7.30.